The Morgan fingerprint density at radius 2 is 1.94 bits per heavy atom. The van der Waals surface area contributed by atoms with Gasteiger partial charge in [0.1, 0.15) is 0 Å². The Morgan fingerprint density at radius 1 is 1.18 bits per heavy atom. The van der Waals surface area contributed by atoms with Gasteiger partial charge < -0.3 is 10.2 Å². The monoisotopic (exact) mass is 238 g/mol. The summed E-state index contributed by atoms with van der Waals surface area (Å²) in [4.78, 5) is 2.69. The van der Waals surface area contributed by atoms with E-state index in [0.29, 0.717) is 0 Å². The minimum Gasteiger partial charge on any atom is -0.311 e. The number of piperazine rings is 1. The van der Waals surface area contributed by atoms with Crippen molar-refractivity contribution in [3.05, 3.63) is 0 Å². The van der Waals surface area contributed by atoms with E-state index in [1.165, 1.54) is 64.7 Å². The first kappa shape index (κ1) is 13.4. The van der Waals surface area contributed by atoms with Crippen molar-refractivity contribution >= 4 is 0 Å². The molecule has 0 spiro atoms. The van der Waals surface area contributed by atoms with Crippen LogP contribution in [-0.4, -0.2) is 37.1 Å². The lowest BCUT2D eigenvalue weighted by Gasteiger charge is -2.36. The van der Waals surface area contributed by atoms with Crippen molar-refractivity contribution in [1.82, 2.24) is 10.2 Å². The van der Waals surface area contributed by atoms with Gasteiger partial charge in [-0.05, 0) is 24.8 Å². The normalized spacial score (nSPS) is 28.8. The summed E-state index contributed by atoms with van der Waals surface area (Å²) in [5.74, 6) is 1.81. The third-order valence-electron chi connectivity index (χ3n) is 4.67. The first-order valence-electron chi connectivity index (χ1n) is 7.71. The van der Waals surface area contributed by atoms with Gasteiger partial charge in [0.2, 0.25) is 0 Å². The molecule has 2 rings (SSSR count). The summed E-state index contributed by atoms with van der Waals surface area (Å²) in [5.41, 5.74) is 0. The molecular formula is C15H30N2. The lowest BCUT2D eigenvalue weighted by molar-refractivity contribution is 0.160. The zero-order valence-electron chi connectivity index (χ0n) is 11.8. The topological polar surface area (TPSA) is 15.3 Å². The minimum absolute atomic E-state index is 0.718. The lowest BCUT2D eigenvalue weighted by Crippen LogP contribution is -2.53. The number of rotatable bonds is 4. The first-order chi connectivity index (χ1) is 8.25. The summed E-state index contributed by atoms with van der Waals surface area (Å²) in [6, 6.07) is 0.718. The highest BCUT2D eigenvalue weighted by molar-refractivity contribution is 4.81. The van der Waals surface area contributed by atoms with Gasteiger partial charge in [-0.25, -0.2) is 0 Å². The second-order valence-electron chi connectivity index (χ2n) is 6.40. The average Bonchev–Trinajstić information content (AvgIpc) is 2.38. The van der Waals surface area contributed by atoms with Crippen LogP contribution >= 0.6 is 0 Å². The summed E-state index contributed by atoms with van der Waals surface area (Å²) in [7, 11) is 0. The standard InChI is InChI=1S/C15H30N2/c1-13(2)15-12-17(11-9-16-15)10-8-14-6-4-3-5-7-14/h13-16H,3-12H2,1-2H3. The van der Waals surface area contributed by atoms with Crippen LogP contribution in [0.4, 0.5) is 0 Å². The summed E-state index contributed by atoms with van der Waals surface area (Å²) in [6.07, 6.45) is 8.91. The predicted octanol–water partition coefficient (Wildman–Crippen LogP) is 2.89. The van der Waals surface area contributed by atoms with E-state index in [0.717, 1.165) is 17.9 Å². The molecule has 0 amide bonds. The summed E-state index contributed by atoms with van der Waals surface area (Å²) in [6.45, 7) is 9.73. The molecule has 2 nitrogen and oxygen atoms in total. The molecule has 0 radical (unpaired) electrons. The van der Waals surface area contributed by atoms with E-state index in [1.807, 2.05) is 0 Å². The van der Waals surface area contributed by atoms with Crippen LogP contribution in [0.2, 0.25) is 0 Å². The van der Waals surface area contributed by atoms with Crippen molar-refractivity contribution in [2.24, 2.45) is 11.8 Å². The Labute approximate surface area is 107 Å². The highest BCUT2D eigenvalue weighted by Gasteiger charge is 2.22. The van der Waals surface area contributed by atoms with Crippen LogP contribution in [0.15, 0.2) is 0 Å². The molecule has 1 aliphatic heterocycles. The molecule has 2 fully saturated rings. The first-order valence-corrected chi connectivity index (χ1v) is 7.71. The lowest BCUT2D eigenvalue weighted by atomic mass is 9.87. The Bertz CT molecular complexity index is 209. The van der Waals surface area contributed by atoms with E-state index in [-0.39, 0.29) is 0 Å². The Balaban J connectivity index is 1.67. The van der Waals surface area contributed by atoms with Crippen molar-refractivity contribution in [2.75, 3.05) is 26.2 Å². The fourth-order valence-corrected chi connectivity index (χ4v) is 3.33. The quantitative estimate of drug-likeness (QED) is 0.810. The molecule has 2 heteroatoms. The third kappa shape index (κ3) is 4.26. The van der Waals surface area contributed by atoms with Crippen LogP contribution in [0.3, 0.4) is 0 Å². The van der Waals surface area contributed by atoms with Gasteiger partial charge >= 0.3 is 0 Å². The molecule has 100 valence electrons. The van der Waals surface area contributed by atoms with Crippen molar-refractivity contribution in [2.45, 2.75) is 58.4 Å². The van der Waals surface area contributed by atoms with Crippen LogP contribution in [-0.2, 0) is 0 Å². The molecule has 17 heavy (non-hydrogen) atoms. The van der Waals surface area contributed by atoms with Gasteiger partial charge in [-0.3, -0.25) is 0 Å². The second-order valence-corrected chi connectivity index (χ2v) is 6.40. The molecule has 1 atom stereocenters. The van der Waals surface area contributed by atoms with Gasteiger partial charge in [-0.15, -0.1) is 0 Å². The van der Waals surface area contributed by atoms with Crippen molar-refractivity contribution in [3.8, 4) is 0 Å². The molecule has 0 aromatic heterocycles. The van der Waals surface area contributed by atoms with E-state index in [1.54, 1.807) is 0 Å². The molecule has 1 saturated heterocycles. The highest BCUT2D eigenvalue weighted by atomic mass is 15.2. The Kier molecular flexibility index (Phi) is 5.30. The summed E-state index contributed by atoms with van der Waals surface area (Å²) >= 11 is 0. The van der Waals surface area contributed by atoms with Crippen LogP contribution in [0.5, 0.6) is 0 Å². The molecule has 0 bridgehead atoms. The molecule has 1 heterocycles. The molecule has 2 aliphatic rings. The van der Waals surface area contributed by atoms with E-state index in [4.69, 9.17) is 0 Å². The average molecular weight is 238 g/mol. The summed E-state index contributed by atoms with van der Waals surface area (Å²) < 4.78 is 0. The van der Waals surface area contributed by atoms with Crippen LogP contribution in [0, 0.1) is 11.8 Å². The van der Waals surface area contributed by atoms with Gasteiger partial charge in [0.05, 0.1) is 0 Å². The van der Waals surface area contributed by atoms with E-state index in [9.17, 15) is 0 Å². The molecule has 1 saturated carbocycles. The molecule has 1 unspecified atom stereocenters. The van der Waals surface area contributed by atoms with Crippen LogP contribution in [0.1, 0.15) is 52.4 Å². The van der Waals surface area contributed by atoms with Crippen LogP contribution < -0.4 is 5.32 Å². The molecule has 1 N–H and O–H groups in total. The largest absolute Gasteiger partial charge is 0.311 e. The van der Waals surface area contributed by atoms with Gasteiger partial charge in [0, 0.05) is 25.7 Å². The smallest absolute Gasteiger partial charge is 0.0218 e. The van der Waals surface area contributed by atoms with Crippen molar-refractivity contribution in [1.29, 1.82) is 0 Å². The number of hydrogen-bond donors (Lipinski definition) is 1. The number of nitrogens with zero attached hydrogens (tertiary/aromatic N) is 1. The summed E-state index contributed by atoms with van der Waals surface area (Å²) in [5, 5.41) is 3.64. The maximum absolute atomic E-state index is 3.64. The SMILES string of the molecule is CC(C)C1CN(CCC2CCCCC2)CCN1. The predicted molar refractivity (Wildman–Crippen MR) is 74.3 cm³/mol. The van der Waals surface area contributed by atoms with E-state index in [2.05, 4.69) is 24.1 Å². The molecule has 0 aromatic carbocycles. The Morgan fingerprint density at radius 3 is 2.65 bits per heavy atom. The Hall–Kier alpha value is -0.0800. The van der Waals surface area contributed by atoms with Gasteiger partial charge in [-0.2, -0.15) is 0 Å². The van der Waals surface area contributed by atoms with Gasteiger partial charge in [-0.1, -0.05) is 46.0 Å². The number of nitrogens with one attached hydrogen (secondary N) is 1. The number of hydrogen-bond acceptors (Lipinski definition) is 2. The highest BCUT2D eigenvalue weighted by Crippen LogP contribution is 2.26. The fraction of sp³-hybridized carbons (Fsp3) is 1.00. The van der Waals surface area contributed by atoms with E-state index < -0.39 is 0 Å². The zero-order valence-corrected chi connectivity index (χ0v) is 11.8. The van der Waals surface area contributed by atoms with Gasteiger partial charge in [0.15, 0.2) is 0 Å². The minimum atomic E-state index is 0.718. The molecule has 0 aromatic rings. The fourth-order valence-electron chi connectivity index (χ4n) is 3.33. The second kappa shape index (κ2) is 6.75. The molecular weight excluding hydrogens is 208 g/mol. The molecule has 1 aliphatic carbocycles. The third-order valence-corrected chi connectivity index (χ3v) is 4.67. The van der Waals surface area contributed by atoms with E-state index >= 15 is 0 Å². The maximum Gasteiger partial charge on any atom is 0.0218 e. The van der Waals surface area contributed by atoms with Crippen LogP contribution in [0.25, 0.3) is 0 Å². The van der Waals surface area contributed by atoms with Gasteiger partial charge in [0.25, 0.3) is 0 Å². The van der Waals surface area contributed by atoms with Crippen molar-refractivity contribution in [3.63, 3.8) is 0 Å². The van der Waals surface area contributed by atoms with Crippen molar-refractivity contribution < 1.29 is 0 Å². The maximum atomic E-state index is 3.64. The zero-order chi connectivity index (χ0) is 12.1.